The Morgan fingerprint density at radius 1 is 1.64 bits per heavy atom. The van der Waals surface area contributed by atoms with Crippen molar-refractivity contribution in [2.75, 3.05) is 6.54 Å². The summed E-state index contributed by atoms with van der Waals surface area (Å²) in [6, 6.07) is -0.864. The maximum atomic E-state index is 11.8. The van der Waals surface area contributed by atoms with E-state index < -0.39 is 18.9 Å². The van der Waals surface area contributed by atoms with Crippen molar-refractivity contribution in [3.05, 3.63) is 0 Å². The molecule has 1 unspecified atom stereocenters. The van der Waals surface area contributed by atoms with Crippen LogP contribution in [0.1, 0.15) is 0 Å². The van der Waals surface area contributed by atoms with Gasteiger partial charge in [0.15, 0.2) is 0 Å². The number of carbonyl (C=O) groups is 1. The molecular weight excluding hydrogens is 161 g/mol. The molecule has 0 spiro atoms. The number of halogens is 3. The average molecular weight is 166 g/mol. The van der Waals surface area contributed by atoms with Crippen LogP contribution >= 0.6 is 0 Å². The van der Waals surface area contributed by atoms with Crippen LogP contribution in [0.2, 0.25) is 0 Å². The van der Waals surface area contributed by atoms with E-state index in [4.69, 9.17) is 0 Å². The van der Waals surface area contributed by atoms with E-state index in [9.17, 15) is 18.0 Å². The highest BCUT2D eigenvalue weighted by atomic mass is 19.4. The van der Waals surface area contributed by atoms with Gasteiger partial charge in [0.1, 0.15) is 12.3 Å². The molecule has 0 saturated heterocycles. The van der Waals surface area contributed by atoms with Crippen LogP contribution in [0, 0.1) is 0 Å². The molecule has 11 heavy (non-hydrogen) atoms. The highest BCUT2D eigenvalue weighted by Crippen LogP contribution is 2.22. The molecule has 0 aromatic rings. The van der Waals surface area contributed by atoms with Crippen molar-refractivity contribution in [1.29, 1.82) is 0 Å². The van der Waals surface area contributed by atoms with Crippen molar-refractivity contribution in [3.63, 3.8) is 0 Å². The predicted molar refractivity (Wildman–Crippen MR) is 31.1 cm³/mol. The zero-order valence-corrected chi connectivity index (χ0v) is 5.38. The maximum Gasteiger partial charge on any atom is 0.485 e. The van der Waals surface area contributed by atoms with Gasteiger partial charge in [0.2, 0.25) is 0 Å². The summed E-state index contributed by atoms with van der Waals surface area (Å²) in [5, 5.41) is 0. The lowest BCUT2D eigenvalue weighted by atomic mass is 10.3. The summed E-state index contributed by atoms with van der Waals surface area (Å²) in [6.45, 7) is -0.396. The minimum Gasteiger partial charge on any atom is -0.301 e. The molecule has 0 radical (unpaired) electrons. The molecule has 0 aromatic carbocycles. The molecule has 1 aliphatic heterocycles. The molecule has 0 fully saturated rings. The summed E-state index contributed by atoms with van der Waals surface area (Å²) in [6.07, 6.45) is -3.39. The molecule has 6 heteroatoms. The van der Waals surface area contributed by atoms with Gasteiger partial charge in [0, 0.05) is 0 Å². The number of aldehydes is 1. The molecule has 3 nitrogen and oxygen atoms in total. The third-order valence-corrected chi connectivity index (χ3v) is 1.26. The number of hydrogen-bond donors (Lipinski definition) is 0. The van der Waals surface area contributed by atoms with Gasteiger partial charge < -0.3 is 4.79 Å². The van der Waals surface area contributed by atoms with Crippen LogP contribution in [-0.4, -0.2) is 36.4 Å². The third kappa shape index (κ3) is 1.69. The third-order valence-electron chi connectivity index (χ3n) is 1.26. The van der Waals surface area contributed by atoms with Gasteiger partial charge in [-0.2, -0.15) is 13.2 Å². The van der Waals surface area contributed by atoms with Gasteiger partial charge in [-0.15, -0.1) is 0 Å². The summed E-state index contributed by atoms with van der Waals surface area (Å²) < 4.78 is 35.4. The fourth-order valence-corrected chi connectivity index (χ4v) is 0.709. The number of nitrogens with zero attached hydrogens (tertiary/aromatic N) is 2. The lowest BCUT2D eigenvalue weighted by Gasteiger charge is -2.17. The van der Waals surface area contributed by atoms with E-state index in [0.717, 1.165) is 0 Å². The van der Waals surface area contributed by atoms with E-state index in [2.05, 4.69) is 4.99 Å². The maximum absolute atomic E-state index is 11.8. The normalized spacial score (nSPS) is 24.3. The Morgan fingerprint density at radius 2 is 2.27 bits per heavy atom. The van der Waals surface area contributed by atoms with E-state index in [1.807, 2.05) is 0 Å². The molecule has 0 N–H and O–H groups in total. The topological polar surface area (TPSA) is 32.7 Å². The van der Waals surface area contributed by atoms with Crippen molar-refractivity contribution < 1.29 is 18.0 Å². The Morgan fingerprint density at radius 3 is 2.55 bits per heavy atom. The summed E-state index contributed by atoms with van der Waals surface area (Å²) in [5.41, 5.74) is 0. The molecule has 62 valence electrons. The first-order valence-electron chi connectivity index (χ1n) is 2.86. The van der Waals surface area contributed by atoms with Crippen molar-refractivity contribution >= 4 is 12.6 Å². The van der Waals surface area contributed by atoms with Crippen molar-refractivity contribution in [2.24, 2.45) is 4.99 Å². The molecule has 0 amide bonds. The Balaban J connectivity index is 2.56. The highest BCUT2D eigenvalue weighted by Gasteiger charge is 2.39. The van der Waals surface area contributed by atoms with Gasteiger partial charge in [-0.3, -0.25) is 9.89 Å². The van der Waals surface area contributed by atoms with Crippen molar-refractivity contribution in [1.82, 2.24) is 4.90 Å². The number of hydrogen-bond acceptors (Lipinski definition) is 3. The van der Waals surface area contributed by atoms with Crippen LogP contribution in [0.25, 0.3) is 0 Å². The highest BCUT2D eigenvalue weighted by molar-refractivity contribution is 5.68. The summed E-state index contributed by atoms with van der Waals surface area (Å²) in [4.78, 5) is 13.4. The van der Waals surface area contributed by atoms with E-state index in [1.54, 1.807) is 0 Å². The first-order valence-corrected chi connectivity index (χ1v) is 2.86. The van der Waals surface area contributed by atoms with E-state index in [1.165, 1.54) is 0 Å². The molecule has 1 heterocycles. The molecule has 1 rings (SSSR count). The molecule has 1 aliphatic rings. The van der Waals surface area contributed by atoms with Gasteiger partial charge in [-0.25, -0.2) is 0 Å². The second-order valence-corrected chi connectivity index (χ2v) is 2.09. The fraction of sp³-hybridized carbons (Fsp3) is 0.600. The minimum absolute atomic E-state index is 0.0755. The summed E-state index contributed by atoms with van der Waals surface area (Å²) >= 11 is 0. The second-order valence-electron chi connectivity index (χ2n) is 2.09. The van der Waals surface area contributed by atoms with E-state index >= 15 is 0 Å². The number of carbonyl (C=O) groups excluding carboxylic acids is 1. The molecule has 0 aromatic heterocycles. The quantitative estimate of drug-likeness (QED) is 0.417. The van der Waals surface area contributed by atoms with Crippen LogP contribution in [0.5, 0.6) is 0 Å². The standard InChI is InChI=1S/C5H5F3N2O/c6-5(7,8)10-1-4(2-11)9-3-10/h2-4H,1H2. The zero-order valence-electron chi connectivity index (χ0n) is 5.38. The average Bonchev–Trinajstić information content (AvgIpc) is 2.32. The Kier molecular flexibility index (Phi) is 1.84. The first kappa shape index (κ1) is 8.03. The van der Waals surface area contributed by atoms with Crippen LogP contribution in [0.4, 0.5) is 13.2 Å². The monoisotopic (exact) mass is 166 g/mol. The predicted octanol–water partition coefficient (Wildman–Crippen LogP) is 0.418. The fourth-order valence-electron chi connectivity index (χ4n) is 0.709. The molecular formula is C5H5F3N2O. The Bertz CT molecular complexity index is 189. The van der Waals surface area contributed by atoms with E-state index in [-0.39, 0.29) is 4.90 Å². The minimum atomic E-state index is -4.42. The largest absolute Gasteiger partial charge is 0.485 e. The zero-order chi connectivity index (χ0) is 8.48. The van der Waals surface area contributed by atoms with E-state index in [0.29, 0.717) is 12.6 Å². The summed E-state index contributed by atoms with van der Waals surface area (Å²) in [5.74, 6) is 0. The van der Waals surface area contributed by atoms with Crippen molar-refractivity contribution in [3.8, 4) is 0 Å². The lowest BCUT2D eigenvalue weighted by Crippen LogP contribution is -2.37. The van der Waals surface area contributed by atoms with Gasteiger partial charge in [0.25, 0.3) is 0 Å². The van der Waals surface area contributed by atoms with Crippen LogP contribution in [0.15, 0.2) is 4.99 Å². The van der Waals surface area contributed by atoms with Crippen LogP contribution in [0.3, 0.4) is 0 Å². The smallest absolute Gasteiger partial charge is 0.301 e. The first-order chi connectivity index (χ1) is 5.04. The number of alkyl halides is 3. The van der Waals surface area contributed by atoms with Crippen LogP contribution < -0.4 is 0 Å². The molecule has 0 saturated carbocycles. The van der Waals surface area contributed by atoms with Gasteiger partial charge in [-0.1, -0.05) is 0 Å². The van der Waals surface area contributed by atoms with Gasteiger partial charge in [0.05, 0.1) is 12.9 Å². The van der Waals surface area contributed by atoms with Crippen molar-refractivity contribution in [2.45, 2.75) is 12.3 Å². The lowest BCUT2D eigenvalue weighted by molar-refractivity contribution is -0.213. The Labute approximate surface area is 60.5 Å². The molecule has 1 atom stereocenters. The van der Waals surface area contributed by atoms with Gasteiger partial charge >= 0.3 is 6.30 Å². The summed E-state index contributed by atoms with van der Waals surface area (Å²) in [7, 11) is 0. The SMILES string of the molecule is O=CC1CN(C(F)(F)F)C=N1. The molecule has 0 bridgehead atoms. The van der Waals surface area contributed by atoms with Gasteiger partial charge in [-0.05, 0) is 0 Å². The molecule has 0 aliphatic carbocycles. The number of rotatable bonds is 1. The Hall–Kier alpha value is -1.07. The van der Waals surface area contributed by atoms with Crippen LogP contribution in [-0.2, 0) is 4.79 Å². The second kappa shape index (κ2) is 2.52. The number of aliphatic imine (C=N–C) groups is 1.